The Morgan fingerprint density at radius 2 is 2.24 bits per heavy atom. The number of aromatic amines is 1. The summed E-state index contributed by atoms with van der Waals surface area (Å²) in [6.07, 6.45) is -1.64. The van der Waals surface area contributed by atoms with Crippen LogP contribution in [0, 0.1) is 0 Å². The largest absolute Gasteiger partial charge is 0.481 e. The van der Waals surface area contributed by atoms with Crippen molar-refractivity contribution >= 4 is 45.4 Å². The third-order valence-corrected chi connectivity index (χ3v) is 6.14. The number of aliphatic carboxylic acids is 1. The number of ether oxygens (including phenoxy) is 1. The van der Waals surface area contributed by atoms with Gasteiger partial charge in [0, 0.05) is 0 Å². The van der Waals surface area contributed by atoms with Crippen LogP contribution in [0.5, 0.6) is 0 Å². The van der Waals surface area contributed by atoms with Crippen LogP contribution in [-0.2, 0) is 9.53 Å². The molecule has 136 valence electrons. The number of fused-ring (bicyclic) bond motifs is 1. The molecular formula is C13H16N4O6S2. The Morgan fingerprint density at radius 3 is 2.88 bits per heavy atom. The van der Waals surface area contributed by atoms with E-state index in [0.717, 1.165) is 16.3 Å². The number of hydrogen-bond acceptors (Lipinski definition) is 9. The van der Waals surface area contributed by atoms with Crippen LogP contribution in [0.1, 0.15) is 26.0 Å². The Kier molecular flexibility index (Phi) is 4.86. The van der Waals surface area contributed by atoms with Crippen molar-refractivity contribution in [1.29, 1.82) is 0 Å². The molecule has 1 aliphatic heterocycles. The molecule has 0 radical (unpaired) electrons. The quantitative estimate of drug-likeness (QED) is 0.549. The summed E-state index contributed by atoms with van der Waals surface area (Å²) in [6, 6.07) is 0. The second kappa shape index (κ2) is 6.78. The smallest absolute Gasteiger partial charge is 0.311 e. The standard InChI is InChI=1S/C13H16N4O6S2/c1-2-4(18)11-23-10(5(24-11)3-6(19)20)17-8-7(25-13(17)22)9(21)16-12(14)15-8/h4-5,10-11,18H,2-3H2,1H3,(H,19,20)(H3,14,15,16,21)/t4-,5-,10+,11-/m0/s1. The maximum absolute atomic E-state index is 12.4. The molecule has 0 amide bonds. The van der Waals surface area contributed by atoms with E-state index in [4.69, 9.17) is 15.6 Å². The first kappa shape index (κ1) is 17.9. The molecule has 0 spiro atoms. The van der Waals surface area contributed by atoms with Crippen LogP contribution in [0.4, 0.5) is 5.95 Å². The van der Waals surface area contributed by atoms with Crippen LogP contribution < -0.4 is 16.2 Å². The maximum atomic E-state index is 12.4. The van der Waals surface area contributed by atoms with Gasteiger partial charge in [-0.05, 0) is 6.42 Å². The van der Waals surface area contributed by atoms with E-state index in [2.05, 4.69) is 9.97 Å². The summed E-state index contributed by atoms with van der Waals surface area (Å²) in [5, 5.41) is 18.5. The summed E-state index contributed by atoms with van der Waals surface area (Å²) >= 11 is 1.83. The summed E-state index contributed by atoms with van der Waals surface area (Å²) in [4.78, 5) is 41.3. The Morgan fingerprint density at radius 1 is 1.52 bits per heavy atom. The first-order valence-corrected chi connectivity index (χ1v) is 9.19. The number of H-pyrrole nitrogens is 1. The van der Waals surface area contributed by atoms with Crippen LogP contribution >= 0.6 is 23.1 Å². The van der Waals surface area contributed by atoms with Crippen molar-refractivity contribution < 1.29 is 19.7 Å². The van der Waals surface area contributed by atoms with E-state index in [1.807, 2.05) is 0 Å². The zero-order valence-electron chi connectivity index (χ0n) is 13.0. The highest BCUT2D eigenvalue weighted by molar-refractivity contribution is 8.00. The molecule has 5 N–H and O–H groups in total. The van der Waals surface area contributed by atoms with Gasteiger partial charge in [0.1, 0.15) is 10.1 Å². The summed E-state index contributed by atoms with van der Waals surface area (Å²) < 4.78 is 7.00. The number of thioether (sulfide) groups is 1. The number of hydrogen-bond donors (Lipinski definition) is 4. The molecule has 3 rings (SSSR count). The lowest BCUT2D eigenvalue weighted by molar-refractivity contribution is -0.138. The maximum Gasteiger partial charge on any atom is 0.311 e. The summed E-state index contributed by atoms with van der Waals surface area (Å²) in [5.74, 6) is -1.22. The third kappa shape index (κ3) is 3.29. The molecular weight excluding hydrogens is 372 g/mol. The van der Waals surface area contributed by atoms with Gasteiger partial charge in [0.15, 0.2) is 11.9 Å². The van der Waals surface area contributed by atoms with Gasteiger partial charge in [-0.15, -0.1) is 11.8 Å². The average Bonchev–Trinajstić information content (AvgIpc) is 3.06. The summed E-state index contributed by atoms with van der Waals surface area (Å²) in [6.45, 7) is 1.77. The van der Waals surface area contributed by atoms with Crippen molar-refractivity contribution in [2.75, 3.05) is 5.73 Å². The number of carboxylic acid groups (broad SMARTS) is 1. The number of nitrogen functional groups attached to an aromatic ring is 1. The SMILES string of the molecule is CC[C@H](O)[C@H]1O[C@@H](n2c(=O)sc3c(=O)[nH]c(N)nc32)[C@H](CC(=O)O)S1. The number of nitrogens with zero attached hydrogens (tertiary/aromatic N) is 2. The zero-order valence-corrected chi connectivity index (χ0v) is 14.7. The Labute approximate surface area is 148 Å². The van der Waals surface area contributed by atoms with Gasteiger partial charge >= 0.3 is 10.8 Å². The topological polar surface area (TPSA) is 161 Å². The molecule has 4 atom stereocenters. The summed E-state index contributed by atoms with van der Waals surface area (Å²) in [5.41, 5.74) is 4.37. The van der Waals surface area contributed by atoms with Crippen LogP contribution in [-0.4, -0.2) is 47.5 Å². The van der Waals surface area contributed by atoms with Crippen LogP contribution in [0.25, 0.3) is 10.3 Å². The van der Waals surface area contributed by atoms with Crippen LogP contribution in [0.15, 0.2) is 9.59 Å². The van der Waals surface area contributed by atoms with Gasteiger partial charge in [-0.3, -0.25) is 23.9 Å². The number of aliphatic hydroxyl groups excluding tert-OH is 1. The number of nitrogens with one attached hydrogen (secondary N) is 1. The predicted octanol–water partition coefficient (Wildman–Crippen LogP) is -0.0692. The van der Waals surface area contributed by atoms with Crippen molar-refractivity contribution in [2.45, 2.75) is 42.8 Å². The third-order valence-electron chi connectivity index (χ3n) is 3.75. The van der Waals surface area contributed by atoms with Gasteiger partial charge in [0.2, 0.25) is 5.95 Å². The highest BCUT2D eigenvalue weighted by Crippen LogP contribution is 2.43. The van der Waals surface area contributed by atoms with Crippen molar-refractivity contribution in [1.82, 2.24) is 14.5 Å². The molecule has 0 unspecified atom stereocenters. The van der Waals surface area contributed by atoms with E-state index in [-0.39, 0.29) is 22.7 Å². The molecule has 3 heterocycles. The molecule has 1 aliphatic rings. The zero-order chi connectivity index (χ0) is 18.3. The van der Waals surface area contributed by atoms with Crippen molar-refractivity contribution in [3.63, 3.8) is 0 Å². The molecule has 2 aromatic heterocycles. The lowest BCUT2D eigenvalue weighted by Crippen LogP contribution is -2.29. The van der Waals surface area contributed by atoms with Gasteiger partial charge in [-0.1, -0.05) is 18.3 Å². The minimum atomic E-state index is -1.06. The Balaban J connectivity index is 2.10. The van der Waals surface area contributed by atoms with Gasteiger partial charge in [0.25, 0.3) is 5.56 Å². The number of anilines is 1. The van der Waals surface area contributed by atoms with E-state index in [1.54, 1.807) is 6.92 Å². The van der Waals surface area contributed by atoms with Gasteiger partial charge < -0.3 is 20.7 Å². The van der Waals surface area contributed by atoms with E-state index in [0.29, 0.717) is 17.8 Å². The minimum Gasteiger partial charge on any atom is -0.481 e. The Bertz CT molecular complexity index is 921. The van der Waals surface area contributed by atoms with E-state index >= 15 is 0 Å². The predicted molar refractivity (Wildman–Crippen MR) is 92.8 cm³/mol. The van der Waals surface area contributed by atoms with Gasteiger partial charge in [-0.2, -0.15) is 4.98 Å². The number of aliphatic hydroxyl groups is 1. The molecule has 2 aromatic rings. The Hall–Kier alpha value is -1.89. The number of aromatic nitrogens is 3. The fourth-order valence-electron chi connectivity index (χ4n) is 2.59. The van der Waals surface area contributed by atoms with Crippen molar-refractivity contribution in [2.24, 2.45) is 0 Å². The molecule has 10 nitrogen and oxygen atoms in total. The molecule has 25 heavy (non-hydrogen) atoms. The van der Waals surface area contributed by atoms with Crippen molar-refractivity contribution in [3.05, 3.63) is 20.0 Å². The van der Waals surface area contributed by atoms with Gasteiger partial charge in [-0.25, -0.2) is 0 Å². The fourth-order valence-corrected chi connectivity index (χ4v) is 4.89. The lowest BCUT2D eigenvalue weighted by atomic mass is 10.2. The average molecular weight is 388 g/mol. The molecule has 0 aliphatic carbocycles. The monoisotopic (exact) mass is 388 g/mol. The lowest BCUT2D eigenvalue weighted by Gasteiger charge is -2.18. The number of carbonyl (C=O) groups is 1. The van der Waals surface area contributed by atoms with E-state index < -0.39 is 39.4 Å². The normalized spacial score (nSPS) is 24.6. The highest BCUT2D eigenvalue weighted by Gasteiger charge is 2.42. The molecule has 1 fully saturated rings. The second-order valence-corrected chi connectivity index (χ2v) is 7.79. The van der Waals surface area contributed by atoms with E-state index in [9.17, 15) is 19.5 Å². The van der Waals surface area contributed by atoms with Crippen LogP contribution in [0.2, 0.25) is 0 Å². The number of thiazole rings is 1. The van der Waals surface area contributed by atoms with Crippen molar-refractivity contribution in [3.8, 4) is 0 Å². The molecule has 12 heteroatoms. The minimum absolute atomic E-state index is 0.0453. The first-order valence-electron chi connectivity index (χ1n) is 7.43. The highest BCUT2D eigenvalue weighted by atomic mass is 32.2. The number of nitrogens with two attached hydrogens (primary N) is 1. The van der Waals surface area contributed by atoms with Gasteiger partial charge in [0.05, 0.1) is 17.8 Å². The molecule has 0 bridgehead atoms. The van der Waals surface area contributed by atoms with E-state index in [1.165, 1.54) is 0 Å². The van der Waals surface area contributed by atoms with Crippen LogP contribution in [0.3, 0.4) is 0 Å². The second-order valence-electron chi connectivity index (χ2n) is 5.48. The first-order chi connectivity index (χ1) is 11.8. The summed E-state index contributed by atoms with van der Waals surface area (Å²) in [7, 11) is 0. The molecule has 0 aromatic carbocycles. The fraction of sp³-hybridized carbons (Fsp3) is 0.538. The molecule has 1 saturated heterocycles. The number of rotatable bonds is 5. The molecule has 0 saturated carbocycles. The number of carboxylic acids is 1.